The van der Waals surface area contributed by atoms with Gasteiger partial charge in [-0.25, -0.2) is 4.98 Å². The van der Waals surface area contributed by atoms with Gasteiger partial charge in [0, 0.05) is 22.7 Å². The fourth-order valence-corrected chi connectivity index (χ4v) is 2.65. The SMILES string of the molecule is Cc1ccc(C(=O)c2c[nH]c3ncccc23)s1. The third kappa shape index (κ3) is 1.66. The number of hydrogen-bond donors (Lipinski definition) is 1. The van der Waals surface area contributed by atoms with Gasteiger partial charge in [0.1, 0.15) is 5.65 Å². The van der Waals surface area contributed by atoms with Crippen LogP contribution in [0.4, 0.5) is 0 Å². The number of hydrogen-bond acceptors (Lipinski definition) is 3. The highest BCUT2D eigenvalue weighted by Gasteiger charge is 2.15. The number of carbonyl (C=O) groups is 1. The van der Waals surface area contributed by atoms with E-state index >= 15 is 0 Å². The number of nitrogens with zero attached hydrogens (tertiary/aromatic N) is 1. The largest absolute Gasteiger partial charge is 0.345 e. The smallest absolute Gasteiger partial charge is 0.205 e. The summed E-state index contributed by atoms with van der Waals surface area (Å²) in [6.07, 6.45) is 3.44. The van der Waals surface area contributed by atoms with Crippen LogP contribution in [-0.4, -0.2) is 15.8 Å². The Hall–Kier alpha value is -1.94. The van der Waals surface area contributed by atoms with E-state index in [-0.39, 0.29) is 5.78 Å². The summed E-state index contributed by atoms with van der Waals surface area (Å²) in [7, 11) is 0. The van der Waals surface area contributed by atoms with Crippen LogP contribution < -0.4 is 0 Å². The second-order valence-corrected chi connectivity index (χ2v) is 5.13. The van der Waals surface area contributed by atoms with Gasteiger partial charge in [-0.2, -0.15) is 0 Å². The van der Waals surface area contributed by atoms with E-state index in [0.29, 0.717) is 5.56 Å². The highest BCUT2D eigenvalue weighted by Crippen LogP contribution is 2.23. The van der Waals surface area contributed by atoms with Crippen molar-refractivity contribution in [2.24, 2.45) is 0 Å². The van der Waals surface area contributed by atoms with Gasteiger partial charge in [0.05, 0.1) is 10.4 Å². The lowest BCUT2D eigenvalue weighted by Crippen LogP contribution is -1.96. The van der Waals surface area contributed by atoms with Gasteiger partial charge in [-0.1, -0.05) is 0 Å². The van der Waals surface area contributed by atoms with Crippen molar-refractivity contribution in [1.82, 2.24) is 9.97 Å². The standard InChI is InChI=1S/C13H10N2OS/c1-8-4-5-11(17-8)12(16)10-7-15-13-9(10)3-2-6-14-13/h2-7H,1H3,(H,14,15). The van der Waals surface area contributed by atoms with Crippen LogP contribution >= 0.6 is 11.3 Å². The summed E-state index contributed by atoms with van der Waals surface area (Å²) in [5.74, 6) is 0.0577. The zero-order valence-corrected chi connectivity index (χ0v) is 10.0. The lowest BCUT2D eigenvalue weighted by molar-refractivity contribution is 0.104. The molecule has 84 valence electrons. The number of pyridine rings is 1. The topological polar surface area (TPSA) is 45.8 Å². The molecule has 3 rings (SSSR count). The third-order valence-corrected chi connectivity index (χ3v) is 3.66. The van der Waals surface area contributed by atoms with Crippen LogP contribution in [0.3, 0.4) is 0 Å². The predicted molar refractivity (Wildman–Crippen MR) is 68.6 cm³/mol. The Morgan fingerprint density at radius 1 is 1.35 bits per heavy atom. The summed E-state index contributed by atoms with van der Waals surface area (Å²) < 4.78 is 0. The van der Waals surface area contributed by atoms with Crippen molar-refractivity contribution in [3.05, 3.63) is 52.0 Å². The number of aryl methyl sites for hydroxylation is 1. The van der Waals surface area contributed by atoms with Gasteiger partial charge in [-0.3, -0.25) is 4.79 Å². The second-order valence-electron chi connectivity index (χ2n) is 3.84. The van der Waals surface area contributed by atoms with E-state index in [1.54, 1.807) is 12.4 Å². The molecule has 3 aromatic rings. The Morgan fingerprint density at radius 2 is 2.24 bits per heavy atom. The molecule has 0 saturated carbocycles. The quantitative estimate of drug-likeness (QED) is 0.701. The van der Waals surface area contributed by atoms with Gasteiger partial charge < -0.3 is 4.98 Å². The first kappa shape index (κ1) is 10.2. The minimum absolute atomic E-state index is 0.0577. The average molecular weight is 242 g/mol. The lowest BCUT2D eigenvalue weighted by Gasteiger charge is -1.95. The number of nitrogens with one attached hydrogen (secondary N) is 1. The molecule has 0 aromatic carbocycles. The minimum Gasteiger partial charge on any atom is -0.345 e. The maximum atomic E-state index is 12.3. The van der Waals surface area contributed by atoms with Crippen LogP contribution in [0.25, 0.3) is 11.0 Å². The fraction of sp³-hybridized carbons (Fsp3) is 0.0769. The summed E-state index contributed by atoms with van der Waals surface area (Å²) in [5.41, 5.74) is 1.44. The molecule has 1 N–H and O–H groups in total. The highest BCUT2D eigenvalue weighted by molar-refractivity contribution is 7.14. The van der Waals surface area contributed by atoms with Crippen molar-refractivity contribution >= 4 is 28.2 Å². The Balaban J connectivity index is 2.13. The van der Waals surface area contributed by atoms with Gasteiger partial charge in [0.25, 0.3) is 0 Å². The normalized spacial score (nSPS) is 10.9. The van der Waals surface area contributed by atoms with Gasteiger partial charge in [0.15, 0.2) is 0 Å². The molecule has 0 unspecified atom stereocenters. The van der Waals surface area contributed by atoms with E-state index in [1.165, 1.54) is 11.3 Å². The number of H-pyrrole nitrogens is 1. The number of fused-ring (bicyclic) bond motifs is 1. The summed E-state index contributed by atoms with van der Waals surface area (Å²) in [5, 5.41) is 0.878. The molecule has 0 aliphatic heterocycles. The first-order valence-electron chi connectivity index (χ1n) is 5.29. The first-order chi connectivity index (χ1) is 8.25. The number of aromatic amines is 1. The van der Waals surface area contributed by atoms with Crippen LogP contribution in [0.1, 0.15) is 20.1 Å². The van der Waals surface area contributed by atoms with Crippen molar-refractivity contribution in [3.8, 4) is 0 Å². The predicted octanol–water partition coefficient (Wildman–Crippen LogP) is 3.16. The first-order valence-corrected chi connectivity index (χ1v) is 6.10. The number of rotatable bonds is 2. The van der Waals surface area contributed by atoms with Crippen LogP contribution in [-0.2, 0) is 0 Å². The molecule has 3 heterocycles. The fourth-order valence-electron chi connectivity index (χ4n) is 1.83. The van der Waals surface area contributed by atoms with Crippen LogP contribution in [0.15, 0.2) is 36.7 Å². The molecule has 3 nitrogen and oxygen atoms in total. The monoisotopic (exact) mass is 242 g/mol. The number of aromatic nitrogens is 2. The molecule has 0 aliphatic rings. The zero-order valence-electron chi connectivity index (χ0n) is 9.23. The third-order valence-electron chi connectivity index (χ3n) is 2.66. The van der Waals surface area contributed by atoms with Crippen LogP contribution in [0, 0.1) is 6.92 Å². The van der Waals surface area contributed by atoms with Crippen molar-refractivity contribution in [2.45, 2.75) is 6.92 Å². The zero-order chi connectivity index (χ0) is 11.8. The molecule has 0 radical (unpaired) electrons. The molecule has 17 heavy (non-hydrogen) atoms. The van der Waals surface area contributed by atoms with Crippen LogP contribution in [0.5, 0.6) is 0 Å². The molecule has 0 aliphatic carbocycles. The van der Waals surface area contributed by atoms with E-state index in [9.17, 15) is 4.79 Å². The molecule has 3 aromatic heterocycles. The average Bonchev–Trinajstić information content (AvgIpc) is 2.94. The van der Waals surface area contributed by atoms with E-state index in [4.69, 9.17) is 0 Å². The number of carbonyl (C=O) groups excluding carboxylic acids is 1. The molecule has 4 heteroatoms. The Labute approximate surface area is 102 Å². The Morgan fingerprint density at radius 3 is 3.00 bits per heavy atom. The summed E-state index contributed by atoms with van der Waals surface area (Å²) in [4.78, 5) is 21.4. The number of ketones is 1. The minimum atomic E-state index is 0.0577. The maximum absolute atomic E-state index is 12.3. The Kier molecular flexibility index (Phi) is 2.30. The van der Waals surface area contributed by atoms with E-state index in [0.717, 1.165) is 20.8 Å². The van der Waals surface area contributed by atoms with Gasteiger partial charge in [-0.05, 0) is 31.2 Å². The summed E-state index contributed by atoms with van der Waals surface area (Å²) in [6, 6.07) is 7.59. The van der Waals surface area contributed by atoms with Crippen molar-refractivity contribution in [2.75, 3.05) is 0 Å². The van der Waals surface area contributed by atoms with Gasteiger partial charge >= 0.3 is 0 Å². The second kappa shape index (κ2) is 3.82. The van der Waals surface area contributed by atoms with Gasteiger partial charge in [-0.15, -0.1) is 11.3 Å². The molecule has 0 atom stereocenters. The molecular weight excluding hydrogens is 232 g/mol. The van der Waals surface area contributed by atoms with Crippen molar-refractivity contribution in [3.63, 3.8) is 0 Å². The maximum Gasteiger partial charge on any atom is 0.205 e. The van der Waals surface area contributed by atoms with E-state index < -0.39 is 0 Å². The summed E-state index contributed by atoms with van der Waals surface area (Å²) in [6.45, 7) is 2.00. The lowest BCUT2D eigenvalue weighted by atomic mass is 10.1. The molecule has 0 spiro atoms. The number of thiophene rings is 1. The highest BCUT2D eigenvalue weighted by atomic mass is 32.1. The molecule has 0 bridgehead atoms. The molecule has 0 amide bonds. The summed E-state index contributed by atoms with van der Waals surface area (Å²) >= 11 is 1.52. The van der Waals surface area contributed by atoms with Crippen LogP contribution in [0.2, 0.25) is 0 Å². The molecule has 0 fully saturated rings. The Bertz CT molecular complexity index is 696. The van der Waals surface area contributed by atoms with Crippen molar-refractivity contribution in [1.29, 1.82) is 0 Å². The van der Waals surface area contributed by atoms with Gasteiger partial charge in [0.2, 0.25) is 5.78 Å². The van der Waals surface area contributed by atoms with E-state index in [2.05, 4.69) is 9.97 Å². The van der Waals surface area contributed by atoms with E-state index in [1.807, 2.05) is 31.2 Å². The van der Waals surface area contributed by atoms with Crippen molar-refractivity contribution < 1.29 is 4.79 Å². The molecular formula is C13H10N2OS. The molecule has 0 saturated heterocycles.